The van der Waals surface area contributed by atoms with Crippen LogP contribution < -0.4 is 5.73 Å². The second kappa shape index (κ2) is 3.46. The van der Waals surface area contributed by atoms with Gasteiger partial charge in [-0.15, -0.1) is 0 Å². The van der Waals surface area contributed by atoms with Gasteiger partial charge in [0.25, 0.3) is 0 Å². The van der Waals surface area contributed by atoms with Gasteiger partial charge in [-0.2, -0.15) is 0 Å². The fourth-order valence-corrected chi connectivity index (χ4v) is 1.94. The maximum Gasteiger partial charge on any atom is 0.159 e. The Morgan fingerprint density at radius 3 is 2.59 bits per heavy atom. The molecule has 2 rings (SSSR count). The molecule has 1 aromatic carbocycles. The van der Waals surface area contributed by atoms with Gasteiger partial charge in [0.1, 0.15) is 10.6 Å². The Labute approximate surface area is 100.0 Å². The fourth-order valence-electron chi connectivity index (χ4n) is 1.49. The van der Waals surface area contributed by atoms with Crippen LogP contribution in [0.25, 0.3) is 11.0 Å². The number of hydrogen-bond donors (Lipinski definition) is 2. The van der Waals surface area contributed by atoms with Crippen molar-refractivity contribution in [2.24, 2.45) is 0 Å². The summed E-state index contributed by atoms with van der Waals surface area (Å²) < 4.78 is 22.4. The zero-order valence-electron chi connectivity index (χ0n) is 9.98. The van der Waals surface area contributed by atoms with E-state index in [1.807, 2.05) is 0 Å². The number of nitrogen functional groups attached to an aromatic ring is 1. The summed E-state index contributed by atoms with van der Waals surface area (Å²) in [6, 6.07) is 5.24. The van der Waals surface area contributed by atoms with E-state index >= 15 is 0 Å². The number of sulfone groups is 1. The van der Waals surface area contributed by atoms with E-state index in [0.717, 1.165) is 5.52 Å². The van der Waals surface area contributed by atoms with Crippen LogP contribution in [0.2, 0.25) is 0 Å². The van der Waals surface area contributed by atoms with Crippen LogP contribution >= 0.6 is 0 Å². The minimum atomic E-state index is -3.24. The van der Waals surface area contributed by atoms with Crippen LogP contribution in [-0.4, -0.2) is 24.6 Å². The summed E-state index contributed by atoms with van der Waals surface area (Å²) in [4.78, 5) is 7.31. The van der Waals surface area contributed by atoms with Gasteiger partial charge in [-0.1, -0.05) is 0 Å². The smallest absolute Gasteiger partial charge is 0.159 e. The third kappa shape index (κ3) is 1.88. The fraction of sp³-hybridized carbons (Fsp3) is 0.364. The largest absolute Gasteiger partial charge is 0.399 e. The number of fused-ring (bicyclic) bond motifs is 1. The first-order valence-electron chi connectivity index (χ1n) is 5.17. The van der Waals surface area contributed by atoms with Crippen molar-refractivity contribution in [3.8, 4) is 0 Å². The minimum absolute atomic E-state index is 0.431. The Kier molecular flexibility index (Phi) is 2.43. The minimum Gasteiger partial charge on any atom is -0.399 e. The van der Waals surface area contributed by atoms with Crippen LogP contribution in [0.3, 0.4) is 0 Å². The van der Waals surface area contributed by atoms with Crippen LogP contribution in [0.15, 0.2) is 18.2 Å². The van der Waals surface area contributed by atoms with Gasteiger partial charge in [-0.25, -0.2) is 13.4 Å². The molecule has 0 saturated heterocycles. The monoisotopic (exact) mass is 253 g/mol. The van der Waals surface area contributed by atoms with Gasteiger partial charge in [-0.05, 0) is 32.0 Å². The molecule has 0 radical (unpaired) electrons. The van der Waals surface area contributed by atoms with Crippen molar-refractivity contribution in [1.82, 2.24) is 9.97 Å². The van der Waals surface area contributed by atoms with Crippen LogP contribution in [0.4, 0.5) is 5.69 Å². The molecular formula is C11H15N3O2S. The Morgan fingerprint density at radius 1 is 1.35 bits per heavy atom. The van der Waals surface area contributed by atoms with E-state index in [9.17, 15) is 8.42 Å². The molecule has 1 heterocycles. The summed E-state index contributed by atoms with van der Waals surface area (Å²) in [5.41, 5.74) is 7.74. The summed E-state index contributed by atoms with van der Waals surface area (Å²) in [6.45, 7) is 3.26. The molecule has 0 fully saturated rings. The van der Waals surface area contributed by atoms with Gasteiger partial charge in [0.15, 0.2) is 9.84 Å². The van der Waals surface area contributed by atoms with E-state index in [-0.39, 0.29) is 0 Å². The van der Waals surface area contributed by atoms with Crippen LogP contribution in [0.5, 0.6) is 0 Å². The number of nitrogens with two attached hydrogens (primary N) is 1. The average Bonchev–Trinajstić information content (AvgIpc) is 2.58. The van der Waals surface area contributed by atoms with Crippen molar-refractivity contribution >= 4 is 26.6 Å². The van der Waals surface area contributed by atoms with Gasteiger partial charge in [0.05, 0.1) is 11.0 Å². The van der Waals surface area contributed by atoms with Gasteiger partial charge >= 0.3 is 0 Å². The highest BCUT2D eigenvalue weighted by Crippen LogP contribution is 2.28. The van der Waals surface area contributed by atoms with Crippen LogP contribution in [0.1, 0.15) is 19.7 Å². The van der Waals surface area contributed by atoms with Crippen LogP contribution in [0, 0.1) is 0 Å². The van der Waals surface area contributed by atoms with E-state index in [4.69, 9.17) is 5.73 Å². The maximum atomic E-state index is 11.7. The molecule has 3 N–H and O–H groups in total. The van der Waals surface area contributed by atoms with Gasteiger partial charge in [0.2, 0.25) is 0 Å². The third-order valence-corrected chi connectivity index (χ3v) is 5.05. The normalized spacial score (nSPS) is 13.1. The Bertz CT molecular complexity index is 671. The number of aromatic nitrogens is 2. The molecule has 0 aliphatic rings. The molecule has 0 spiro atoms. The highest BCUT2D eigenvalue weighted by molar-refractivity contribution is 7.91. The zero-order valence-corrected chi connectivity index (χ0v) is 10.8. The van der Waals surface area contributed by atoms with Crippen LogP contribution in [-0.2, 0) is 14.6 Å². The van der Waals surface area contributed by atoms with Gasteiger partial charge in [0, 0.05) is 11.9 Å². The van der Waals surface area contributed by atoms with Crippen molar-refractivity contribution in [3.05, 3.63) is 24.0 Å². The second-order valence-electron chi connectivity index (χ2n) is 4.64. The van der Waals surface area contributed by atoms with Gasteiger partial charge in [-0.3, -0.25) is 0 Å². The topological polar surface area (TPSA) is 88.8 Å². The quantitative estimate of drug-likeness (QED) is 0.792. The number of nitrogens with zero attached hydrogens (tertiary/aromatic N) is 1. The van der Waals surface area contributed by atoms with Crippen molar-refractivity contribution in [2.75, 3.05) is 12.0 Å². The molecule has 1 aromatic heterocycles. The summed E-state index contributed by atoms with van der Waals surface area (Å²) in [5.74, 6) is 0.431. The summed E-state index contributed by atoms with van der Waals surface area (Å²) in [7, 11) is -3.24. The number of benzene rings is 1. The van der Waals surface area contributed by atoms with Crippen molar-refractivity contribution < 1.29 is 8.42 Å². The first-order chi connectivity index (χ1) is 7.72. The van der Waals surface area contributed by atoms with E-state index < -0.39 is 14.6 Å². The molecule has 0 unspecified atom stereocenters. The number of hydrogen-bond acceptors (Lipinski definition) is 4. The Balaban J connectivity index is 2.65. The first-order valence-corrected chi connectivity index (χ1v) is 7.06. The molecule has 0 aliphatic heterocycles. The number of H-pyrrole nitrogens is 1. The predicted octanol–water partition coefficient (Wildman–Crippen LogP) is 1.42. The standard InChI is InChI=1S/C11H15N3O2S/c1-11(2,17(3,15)16)10-13-8-5-4-7(12)6-9(8)14-10/h4-6H,12H2,1-3H3,(H,13,14). The average molecular weight is 253 g/mol. The lowest BCUT2D eigenvalue weighted by molar-refractivity contribution is 0.553. The number of anilines is 1. The molecule has 0 bridgehead atoms. The molecule has 6 heteroatoms. The molecule has 0 amide bonds. The van der Waals surface area contributed by atoms with E-state index in [2.05, 4.69) is 9.97 Å². The zero-order chi connectivity index (χ0) is 12.8. The summed E-state index contributed by atoms with van der Waals surface area (Å²) in [5, 5.41) is 0. The van der Waals surface area contributed by atoms with Crippen molar-refractivity contribution in [1.29, 1.82) is 0 Å². The summed E-state index contributed by atoms with van der Waals surface area (Å²) in [6.07, 6.45) is 1.20. The number of imidazole rings is 1. The molecule has 92 valence electrons. The highest BCUT2D eigenvalue weighted by Gasteiger charge is 2.35. The van der Waals surface area contributed by atoms with Crippen molar-refractivity contribution in [3.63, 3.8) is 0 Å². The highest BCUT2D eigenvalue weighted by atomic mass is 32.2. The molecule has 5 nitrogen and oxygen atoms in total. The number of aromatic amines is 1. The third-order valence-electron chi connectivity index (χ3n) is 3.00. The first kappa shape index (κ1) is 11.9. The SMILES string of the molecule is CC(C)(c1nc2ccc(N)cc2[nH]1)S(C)(=O)=O. The predicted molar refractivity (Wildman–Crippen MR) is 68.4 cm³/mol. The van der Waals surface area contributed by atoms with E-state index in [0.29, 0.717) is 17.0 Å². The van der Waals surface area contributed by atoms with Crippen molar-refractivity contribution in [2.45, 2.75) is 18.6 Å². The number of nitrogens with one attached hydrogen (secondary N) is 1. The number of rotatable bonds is 2. The van der Waals surface area contributed by atoms with E-state index in [1.165, 1.54) is 6.26 Å². The molecule has 17 heavy (non-hydrogen) atoms. The second-order valence-corrected chi connectivity index (χ2v) is 7.21. The van der Waals surface area contributed by atoms with E-state index in [1.54, 1.807) is 32.0 Å². The van der Waals surface area contributed by atoms with Gasteiger partial charge < -0.3 is 10.7 Å². The molecule has 0 saturated carbocycles. The maximum absolute atomic E-state index is 11.7. The molecule has 0 aliphatic carbocycles. The lowest BCUT2D eigenvalue weighted by Gasteiger charge is -2.19. The lowest BCUT2D eigenvalue weighted by Crippen LogP contribution is -2.29. The molecular weight excluding hydrogens is 238 g/mol. The Morgan fingerprint density at radius 2 is 2.00 bits per heavy atom. The molecule has 0 atom stereocenters. The summed E-state index contributed by atoms with van der Waals surface area (Å²) >= 11 is 0. The Hall–Kier alpha value is -1.56. The lowest BCUT2D eigenvalue weighted by atomic mass is 10.2. The molecule has 2 aromatic rings.